The van der Waals surface area contributed by atoms with E-state index >= 15 is 0 Å². The lowest BCUT2D eigenvalue weighted by molar-refractivity contribution is -0.135. The van der Waals surface area contributed by atoms with Crippen LogP contribution in [0.25, 0.3) is 0 Å². The number of piperazine rings is 1. The van der Waals surface area contributed by atoms with Crippen molar-refractivity contribution in [1.82, 2.24) is 10.2 Å². The number of nitrogens with one attached hydrogen (secondary N) is 1. The number of aryl methyl sites for hydroxylation is 1. The topological polar surface area (TPSA) is 79.6 Å². The van der Waals surface area contributed by atoms with Gasteiger partial charge in [-0.2, -0.15) is 0 Å². The zero-order chi connectivity index (χ0) is 12.4. The van der Waals surface area contributed by atoms with E-state index in [0.717, 1.165) is 0 Å². The van der Waals surface area contributed by atoms with E-state index < -0.39 is 17.7 Å². The highest BCUT2D eigenvalue weighted by Crippen LogP contribution is 2.12. The number of hydrogen-bond acceptors (Lipinski definition) is 4. The minimum absolute atomic E-state index is 0.118. The number of amides is 3. The van der Waals surface area contributed by atoms with E-state index in [1.54, 1.807) is 12.1 Å². The van der Waals surface area contributed by atoms with Gasteiger partial charge in [-0.3, -0.25) is 19.7 Å². The molecule has 2 rings (SSSR count). The summed E-state index contributed by atoms with van der Waals surface area (Å²) < 4.78 is 5.28. The lowest BCUT2D eigenvalue weighted by Gasteiger charge is -2.24. The minimum atomic E-state index is -0.475. The van der Waals surface area contributed by atoms with Crippen molar-refractivity contribution in [3.63, 3.8) is 0 Å². The SMILES string of the molecule is CCc1ccc(C(=O)N2CC(=O)NC(=O)C2)o1. The maximum atomic E-state index is 11.9. The van der Waals surface area contributed by atoms with Crippen LogP contribution in [0.15, 0.2) is 16.5 Å². The summed E-state index contributed by atoms with van der Waals surface area (Å²) >= 11 is 0. The van der Waals surface area contributed by atoms with Crippen molar-refractivity contribution >= 4 is 17.7 Å². The summed E-state index contributed by atoms with van der Waals surface area (Å²) in [6.07, 6.45) is 0.687. The molecule has 1 aromatic rings. The molecular formula is C11H12N2O4. The van der Waals surface area contributed by atoms with E-state index in [1.807, 2.05) is 6.92 Å². The Bertz CT molecular complexity index is 462. The normalized spacial score (nSPS) is 15.9. The highest BCUT2D eigenvalue weighted by molar-refractivity contribution is 6.04. The highest BCUT2D eigenvalue weighted by atomic mass is 16.4. The van der Waals surface area contributed by atoms with E-state index in [0.29, 0.717) is 12.2 Å². The van der Waals surface area contributed by atoms with Crippen molar-refractivity contribution in [2.24, 2.45) is 0 Å². The van der Waals surface area contributed by atoms with Crippen LogP contribution in [0.4, 0.5) is 0 Å². The Morgan fingerprint density at radius 1 is 1.35 bits per heavy atom. The van der Waals surface area contributed by atoms with Crippen molar-refractivity contribution in [3.05, 3.63) is 23.7 Å². The molecule has 2 heterocycles. The van der Waals surface area contributed by atoms with Gasteiger partial charge in [0.25, 0.3) is 5.91 Å². The smallest absolute Gasteiger partial charge is 0.290 e. The maximum absolute atomic E-state index is 11.9. The van der Waals surface area contributed by atoms with Gasteiger partial charge in [0, 0.05) is 6.42 Å². The van der Waals surface area contributed by atoms with Crippen LogP contribution in [0.1, 0.15) is 23.2 Å². The molecule has 3 amide bonds. The predicted octanol–water partition coefficient (Wildman–Crippen LogP) is -0.0594. The van der Waals surface area contributed by atoms with Crippen LogP contribution in [0.5, 0.6) is 0 Å². The molecule has 0 atom stereocenters. The first-order valence-electron chi connectivity index (χ1n) is 5.31. The van der Waals surface area contributed by atoms with E-state index in [-0.39, 0.29) is 18.8 Å². The lowest BCUT2D eigenvalue weighted by atomic mass is 10.3. The molecule has 0 bridgehead atoms. The highest BCUT2D eigenvalue weighted by Gasteiger charge is 2.28. The van der Waals surface area contributed by atoms with Gasteiger partial charge in [-0.15, -0.1) is 0 Å². The molecule has 1 aliphatic heterocycles. The van der Waals surface area contributed by atoms with Crippen molar-refractivity contribution in [1.29, 1.82) is 0 Å². The number of rotatable bonds is 2. The molecule has 1 N–H and O–H groups in total. The van der Waals surface area contributed by atoms with Crippen molar-refractivity contribution in [2.75, 3.05) is 13.1 Å². The molecule has 0 aromatic carbocycles. The van der Waals surface area contributed by atoms with Crippen molar-refractivity contribution < 1.29 is 18.8 Å². The second kappa shape index (κ2) is 4.40. The maximum Gasteiger partial charge on any atom is 0.290 e. The van der Waals surface area contributed by atoms with E-state index in [4.69, 9.17) is 4.42 Å². The second-order valence-corrected chi connectivity index (χ2v) is 3.75. The first-order chi connectivity index (χ1) is 8.10. The van der Waals surface area contributed by atoms with E-state index in [9.17, 15) is 14.4 Å². The standard InChI is InChI=1S/C11H12N2O4/c1-2-7-3-4-8(17-7)11(16)13-5-9(14)12-10(15)6-13/h3-4H,2,5-6H2,1H3,(H,12,14,15). The van der Waals surface area contributed by atoms with E-state index in [2.05, 4.69) is 5.32 Å². The Morgan fingerprint density at radius 3 is 2.53 bits per heavy atom. The summed E-state index contributed by atoms with van der Waals surface area (Å²) in [5.41, 5.74) is 0. The molecule has 0 aliphatic carbocycles. The number of carbonyl (C=O) groups is 3. The zero-order valence-corrected chi connectivity index (χ0v) is 9.36. The Labute approximate surface area is 97.6 Å². The monoisotopic (exact) mass is 236 g/mol. The molecule has 1 aliphatic rings. The average molecular weight is 236 g/mol. The van der Waals surface area contributed by atoms with Crippen LogP contribution in [0.2, 0.25) is 0 Å². The average Bonchev–Trinajstić information content (AvgIpc) is 2.75. The summed E-state index contributed by atoms with van der Waals surface area (Å²) in [5.74, 6) is -0.535. The molecule has 0 saturated carbocycles. The number of imide groups is 1. The fourth-order valence-electron chi connectivity index (χ4n) is 1.62. The third kappa shape index (κ3) is 2.35. The summed E-state index contributed by atoms with van der Waals surface area (Å²) in [6, 6.07) is 3.26. The molecule has 0 radical (unpaired) electrons. The third-order valence-electron chi connectivity index (χ3n) is 2.46. The quantitative estimate of drug-likeness (QED) is 0.729. The number of carbonyl (C=O) groups excluding carboxylic acids is 3. The van der Waals surface area contributed by atoms with Crippen molar-refractivity contribution in [2.45, 2.75) is 13.3 Å². The van der Waals surface area contributed by atoms with Crippen molar-refractivity contribution in [3.8, 4) is 0 Å². The molecule has 6 nitrogen and oxygen atoms in total. The Hall–Kier alpha value is -2.11. The lowest BCUT2D eigenvalue weighted by Crippen LogP contribution is -2.53. The summed E-state index contributed by atoms with van der Waals surface area (Å²) in [7, 11) is 0. The Balaban J connectivity index is 2.14. The fourth-order valence-corrected chi connectivity index (χ4v) is 1.62. The molecule has 0 unspecified atom stereocenters. The predicted molar refractivity (Wildman–Crippen MR) is 57.1 cm³/mol. The molecule has 0 spiro atoms. The van der Waals surface area contributed by atoms with Gasteiger partial charge in [0.05, 0.1) is 0 Å². The summed E-state index contributed by atoms with van der Waals surface area (Å²) in [5, 5.41) is 2.13. The van der Waals surface area contributed by atoms with Crippen LogP contribution >= 0.6 is 0 Å². The Kier molecular flexibility index (Phi) is 2.95. The first kappa shape index (κ1) is 11.4. The van der Waals surface area contributed by atoms with Crippen LogP contribution < -0.4 is 5.32 Å². The third-order valence-corrected chi connectivity index (χ3v) is 2.46. The molecule has 17 heavy (non-hydrogen) atoms. The van der Waals surface area contributed by atoms with Gasteiger partial charge in [-0.25, -0.2) is 0 Å². The van der Waals surface area contributed by atoms with Crippen LogP contribution in [-0.4, -0.2) is 35.7 Å². The van der Waals surface area contributed by atoms with Gasteiger partial charge in [0.2, 0.25) is 11.8 Å². The Morgan fingerprint density at radius 2 is 2.00 bits per heavy atom. The molecule has 1 fully saturated rings. The van der Waals surface area contributed by atoms with Gasteiger partial charge >= 0.3 is 0 Å². The van der Waals surface area contributed by atoms with Gasteiger partial charge in [-0.1, -0.05) is 6.92 Å². The number of furan rings is 1. The fraction of sp³-hybridized carbons (Fsp3) is 0.364. The summed E-state index contributed by atoms with van der Waals surface area (Å²) in [4.78, 5) is 35.3. The molecule has 90 valence electrons. The van der Waals surface area contributed by atoms with E-state index in [1.165, 1.54) is 4.90 Å². The van der Waals surface area contributed by atoms with Gasteiger partial charge < -0.3 is 9.32 Å². The van der Waals surface area contributed by atoms with Crippen LogP contribution in [-0.2, 0) is 16.0 Å². The van der Waals surface area contributed by atoms with Gasteiger partial charge in [0.1, 0.15) is 18.8 Å². The van der Waals surface area contributed by atoms with Crippen LogP contribution in [0, 0.1) is 0 Å². The first-order valence-corrected chi connectivity index (χ1v) is 5.31. The molecular weight excluding hydrogens is 224 g/mol. The molecule has 1 aromatic heterocycles. The van der Waals surface area contributed by atoms with Gasteiger partial charge in [0.15, 0.2) is 5.76 Å². The molecule has 6 heteroatoms. The van der Waals surface area contributed by atoms with Crippen LogP contribution in [0.3, 0.4) is 0 Å². The number of nitrogens with zero attached hydrogens (tertiary/aromatic N) is 1. The minimum Gasteiger partial charge on any atom is -0.456 e. The summed E-state index contributed by atoms with van der Waals surface area (Å²) in [6.45, 7) is 1.67. The zero-order valence-electron chi connectivity index (χ0n) is 9.36. The second-order valence-electron chi connectivity index (χ2n) is 3.75. The largest absolute Gasteiger partial charge is 0.456 e. The van der Waals surface area contributed by atoms with Gasteiger partial charge in [-0.05, 0) is 12.1 Å². The number of hydrogen-bond donors (Lipinski definition) is 1. The molecule has 1 saturated heterocycles.